The summed E-state index contributed by atoms with van der Waals surface area (Å²) in [5, 5.41) is 8.41. The molecule has 0 aliphatic carbocycles. The Morgan fingerprint density at radius 2 is 1.79 bits per heavy atom. The number of esters is 1. The van der Waals surface area contributed by atoms with Gasteiger partial charge < -0.3 is 9.47 Å². The van der Waals surface area contributed by atoms with Gasteiger partial charge in [-0.2, -0.15) is 10.2 Å². The number of hydrogen-bond acceptors (Lipinski definition) is 5. The monoisotopic (exact) mass is 272 g/mol. The highest BCUT2D eigenvalue weighted by atomic mass is 16.5. The quantitative estimate of drug-likeness (QED) is 0.384. The van der Waals surface area contributed by atoms with Gasteiger partial charge in [-0.05, 0) is 34.1 Å². The van der Waals surface area contributed by atoms with Gasteiger partial charge in [-0.15, -0.1) is 0 Å². The Hall–Kier alpha value is -0.970. The van der Waals surface area contributed by atoms with Crippen molar-refractivity contribution >= 4 is 5.97 Å². The maximum Gasteiger partial charge on any atom is 0.305 e. The zero-order chi connectivity index (χ0) is 14.9. The fourth-order valence-electron chi connectivity index (χ4n) is 1.19. The molecule has 0 aromatic heterocycles. The minimum absolute atomic E-state index is 0.206. The van der Waals surface area contributed by atoms with Crippen LogP contribution in [0.2, 0.25) is 0 Å². The maximum absolute atomic E-state index is 11.5. The molecule has 1 atom stereocenters. The summed E-state index contributed by atoms with van der Waals surface area (Å²) >= 11 is 0. The lowest BCUT2D eigenvalue weighted by molar-refractivity contribution is -0.145. The van der Waals surface area contributed by atoms with E-state index in [0.717, 1.165) is 12.8 Å². The number of carbonyl (C=O) groups is 1. The number of carbonyl (C=O) groups excluding carboxylic acids is 1. The molecule has 0 saturated carbocycles. The molecule has 0 radical (unpaired) electrons. The van der Waals surface area contributed by atoms with Crippen LogP contribution in [0.15, 0.2) is 10.2 Å². The molecule has 0 fully saturated rings. The standard InChI is InChI=1S/C14H28N2O3/c1-7-8-11-19-12(17)9-10-14(5,18-6)16-15-13(2,3)4/h7-11H2,1-6H3/b16-15+. The van der Waals surface area contributed by atoms with Gasteiger partial charge in [0.2, 0.25) is 0 Å². The molecule has 0 aromatic carbocycles. The Bertz CT molecular complexity index is 298. The molecule has 0 rings (SSSR count). The van der Waals surface area contributed by atoms with Crippen molar-refractivity contribution in [3.63, 3.8) is 0 Å². The van der Waals surface area contributed by atoms with Crippen molar-refractivity contribution in [2.45, 2.75) is 71.6 Å². The number of rotatable bonds is 8. The molecule has 0 saturated heterocycles. The lowest BCUT2D eigenvalue weighted by Crippen LogP contribution is -2.26. The first-order valence-corrected chi connectivity index (χ1v) is 6.87. The Labute approximate surface area is 116 Å². The van der Waals surface area contributed by atoms with Crippen molar-refractivity contribution in [1.29, 1.82) is 0 Å². The minimum atomic E-state index is -0.767. The van der Waals surface area contributed by atoms with E-state index in [0.29, 0.717) is 13.0 Å². The predicted octanol–water partition coefficient (Wildman–Crippen LogP) is 3.72. The zero-order valence-electron chi connectivity index (χ0n) is 13.2. The summed E-state index contributed by atoms with van der Waals surface area (Å²) in [5.41, 5.74) is -1.02. The molecule has 0 N–H and O–H groups in total. The van der Waals surface area contributed by atoms with Crippen LogP contribution in [0.4, 0.5) is 0 Å². The first kappa shape index (κ1) is 18.0. The van der Waals surface area contributed by atoms with Crippen molar-refractivity contribution in [2.24, 2.45) is 10.2 Å². The molecule has 5 heteroatoms. The molecule has 0 spiro atoms. The number of azo groups is 1. The highest BCUT2D eigenvalue weighted by Crippen LogP contribution is 2.21. The van der Waals surface area contributed by atoms with Crippen molar-refractivity contribution < 1.29 is 14.3 Å². The summed E-state index contributed by atoms with van der Waals surface area (Å²) in [5.74, 6) is -0.206. The smallest absolute Gasteiger partial charge is 0.305 e. The van der Waals surface area contributed by atoms with Crippen molar-refractivity contribution in [2.75, 3.05) is 13.7 Å². The largest absolute Gasteiger partial charge is 0.466 e. The van der Waals surface area contributed by atoms with Gasteiger partial charge >= 0.3 is 5.97 Å². The molecule has 1 unspecified atom stereocenters. The molecule has 0 heterocycles. The van der Waals surface area contributed by atoms with Crippen LogP contribution in [0.3, 0.4) is 0 Å². The molecule has 5 nitrogen and oxygen atoms in total. The molecule has 0 aliphatic heterocycles. The van der Waals surface area contributed by atoms with E-state index in [1.54, 1.807) is 7.11 Å². The summed E-state index contributed by atoms with van der Waals surface area (Å²) in [6.45, 7) is 10.3. The van der Waals surface area contributed by atoms with Crippen LogP contribution in [0.1, 0.15) is 60.3 Å². The Morgan fingerprint density at radius 3 is 2.26 bits per heavy atom. The van der Waals surface area contributed by atoms with Gasteiger partial charge in [-0.3, -0.25) is 4.79 Å². The van der Waals surface area contributed by atoms with Crippen molar-refractivity contribution in [3.8, 4) is 0 Å². The van der Waals surface area contributed by atoms with Gasteiger partial charge in [-0.25, -0.2) is 0 Å². The van der Waals surface area contributed by atoms with E-state index in [2.05, 4.69) is 17.2 Å². The van der Waals surface area contributed by atoms with E-state index < -0.39 is 5.72 Å². The average molecular weight is 272 g/mol. The molecule has 0 bridgehead atoms. The molecular weight excluding hydrogens is 244 g/mol. The zero-order valence-corrected chi connectivity index (χ0v) is 13.2. The van der Waals surface area contributed by atoms with E-state index in [4.69, 9.17) is 9.47 Å². The SMILES string of the molecule is CCCCOC(=O)CCC(C)(/N=N/C(C)(C)C)OC. The average Bonchev–Trinajstić information content (AvgIpc) is 2.33. The number of hydrogen-bond donors (Lipinski definition) is 0. The molecule has 0 amide bonds. The van der Waals surface area contributed by atoms with Crippen LogP contribution in [-0.4, -0.2) is 30.9 Å². The third kappa shape index (κ3) is 9.59. The first-order valence-electron chi connectivity index (χ1n) is 6.87. The number of unbranched alkanes of at least 4 members (excludes halogenated alkanes) is 1. The molecule has 0 aromatic rings. The number of methoxy groups -OCH3 is 1. The highest BCUT2D eigenvalue weighted by molar-refractivity contribution is 5.69. The second-order valence-corrected chi connectivity index (χ2v) is 5.82. The second-order valence-electron chi connectivity index (χ2n) is 5.82. The Balaban J connectivity index is 4.24. The lowest BCUT2D eigenvalue weighted by atomic mass is 10.1. The van der Waals surface area contributed by atoms with Gasteiger partial charge in [0.15, 0.2) is 5.72 Å². The predicted molar refractivity (Wildman–Crippen MR) is 75.1 cm³/mol. The molecule has 0 aliphatic rings. The summed E-state index contributed by atoms with van der Waals surface area (Å²) in [4.78, 5) is 11.5. The fourth-order valence-corrected chi connectivity index (χ4v) is 1.19. The van der Waals surface area contributed by atoms with E-state index >= 15 is 0 Å². The van der Waals surface area contributed by atoms with Crippen LogP contribution < -0.4 is 0 Å². The fraction of sp³-hybridized carbons (Fsp3) is 0.929. The van der Waals surface area contributed by atoms with Gasteiger partial charge in [0, 0.05) is 13.5 Å². The third-order valence-corrected chi connectivity index (χ3v) is 2.56. The molecule has 112 valence electrons. The lowest BCUT2D eigenvalue weighted by Gasteiger charge is -2.23. The third-order valence-electron chi connectivity index (χ3n) is 2.56. The van der Waals surface area contributed by atoms with Crippen LogP contribution >= 0.6 is 0 Å². The molecule has 19 heavy (non-hydrogen) atoms. The molecular formula is C14H28N2O3. The first-order chi connectivity index (χ1) is 8.72. The minimum Gasteiger partial charge on any atom is -0.466 e. The van der Waals surface area contributed by atoms with E-state index in [1.807, 2.05) is 27.7 Å². The van der Waals surface area contributed by atoms with Gasteiger partial charge in [0.1, 0.15) is 0 Å². The van der Waals surface area contributed by atoms with Gasteiger partial charge in [0.05, 0.1) is 18.6 Å². The summed E-state index contributed by atoms with van der Waals surface area (Å²) in [6, 6.07) is 0. The summed E-state index contributed by atoms with van der Waals surface area (Å²) in [6.07, 6.45) is 2.67. The highest BCUT2D eigenvalue weighted by Gasteiger charge is 2.25. The van der Waals surface area contributed by atoms with Gasteiger partial charge in [0.25, 0.3) is 0 Å². The Morgan fingerprint density at radius 1 is 1.16 bits per heavy atom. The Kier molecular flexibility index (Phi) is 7.83. The van der Waals surface area contributed by atoms with Crippen LogP contribution in [0.5, 0.6) is 0 Å². The normalized spacial score (nSPS) is 15.5. The van der Waals surface area contributed by atoms with Gasteiger partial charge in [-0.1, -0.05) is 13.3 Å². The maximum atomic E-state index is 11.5. The van der Waals surface area contributed by atoms with Crippen molar-refractivity contribution in [1.82, 2.24) is 0 Å². The van der Waals surface area contributed by atoms with Crippen LogP contribution in [0, 0.1) is 0 Å². The van der Waals surface area contributed by atoms with E-state index in [9.17, 15) is 4.79 Å². The summed E-state index contributed by atoms with van der Waals surface area (Å²) in [7, 11) is 1.57. The topological polar surface area (TPSA) is 60.2 Å². The summed E-state index contributed by atoms with van der Waals surface area (Å²) < 4.78 is 10.4. The number of ether oxygens (including phenoxy) is 2. The van der Waals surface area contributed by atoms with Crippen molar-refractivity contribution in [3.05, 3.63) is 0 Å². The van der Waals surface area contributed by atoms with Crippen LogP contribution in [-0.2, 0) is 14.3 Å². The van der Waals surface area contributed by atoms with E-state index in [1.165, 1.54) is 0 Å². The second kappa shape index (κ2) is 8.25. The van der Waals surface area contributed by atoms with E-state index in [-0.39, 0.29) is 17.9 Å². The number of nitrogens with zero attached hydrogens (tertiary/aromatic N) is 2. The van der Waals surface area contributed by atoms with Crippen LogP contribution in [0.25, 0.3) is 0 Å².